The summed E-state index contributed by atoms with van der Waals surface area (Å²) < 4.78 is 10.7. The summed E-state index contributed by atoms with van der Waals surface area (Å²) in [4.78, 5) is 49.3. The number of piperidine rings is 1. The molecular weight excluding hydrogens is 380 g/mol. The third-order valence-electron chi connectivity index (χ3n) is 4.70. The van der Waals surface area contributed by atoms with Crippen molar-refractivity contribution < 1.29 is 28.7 Å². The normalized spacial score (nSPS) is 18.4. The number of carbonyl (C=O) groups excluding carboxylic acids is 4. The Morgan fingerprint density at radius 3 is 2.86 bits per heavy atom. The molecular formula is C19H24N4O6. The second-order valence-electron chi connectivity index (χ2n) is 6.76. The molecule has 10 nitrogen and oxygen atoms in total. The first-order chi connectivity index (χ1) is 14.0. The monoisotopic (exact) mass is 404 g/mol. The fourth-order valence-corrected chi connectivity index (χ4v) is 3.29. The number of fused-ring (bicyclic) bond motifs is 1. The molecule has 1 saturated heterocycles. The van der Waals surface area contributed by atoms with Gasteiger partial charge in [0.2, 0.25) is 11.8 Å². The van der Waals surface area contributed by atoms with Crippen LogP contribution in [0.25, 0.3) is 0 Å². The average molecular weight is 404 g/mol. The van der Waals surface area contributed by atoms with Crippen LogP contribution in [0.4, 0.5) is 0 Å². The largest absolute Gasteiger partial charge is 0.484 e. The Bertz CT molecular complexity index is 812. The molecule has 0 bridgehead atoms. The first-order valence-corrected chi connectivity index (χ1v) is 9.44. The molecule has 29 heavy (non-hydrogen) atoms. The van der Waals surface area contributed by atoms with Gasteiger partial charge in [-0.25, -0.2) is 0 Å². The number of ether oxygens (including phenoxy) is 2. The third-order valence-corrected chi connectivity index (χ3v) is 4.70. The van der Waals surface area contributed by atoms with E-state index in [9.17, 15) is 19.2 Å². The van der Waals surface area contributed by atoms with E-state index in [0.717, 1.165) is 0 Å². The van der Waals surface area contributed by atoms with Gasteiger partial charge in [0.15, 0.2) is 6.61 Å². The van der Waals surface area contributed by atoms with Crippen molar-refractivity contribution in [3.8, 4) is 5.75 Å². The number of carbonyl (C=O) groups is 4. The molecule has 1 unspecified atom stereocenters. The summed E-state index contributed by atoms with van der Waals surface area (Å²) in [7, 11) is 0. The molecule has 2 aliphatic heterocycles. The topological polar surface area (TPSA) is 140 Å². The fourth-order valence-electron chi connectivity index (χ4n) is 3.29. The summed E-state index contributed by atoms with van der Waals surface area (Å²) in [6.07, 6.45) is 0.514. The number of hydrogen-bond acceptors (Lipinski definition) is 7. The minimum Gasteiger partial charge on any atom is -0.484 e. The van der Waals surface area contributed by atoms with Crippen molar-refractivity contribution in [2.75, 3.05) is 32.9 Å². The smallest absolute Gasteiger partial charge is 0.258 e. The van der Waals surface area contributed by atoms with Crippen molar-refractivity contribution in [2.45, 2.75) is 25.4 Å². The van der Waals surface area contributed by atoms with Gasteiger partial charge in [0.1, 0.15) is 11.8 Å². The molecule has 1 aromatic rings. The van der Waals surface area contributed by atoms with E-state index in [1.54, 1.807) is 18.2 Å². The van der Waals surface area contributed by atoms with Crippen LogP contribution < -0.4 is 21.1 Å². The van der Waals surface area contributed by atoms with Crippen LogP contribution in [0.2, 0.25) is 0 Å². The molecule has 0 saturated carbocycles. The SMILES string of the molecule is NCCOCCNC(=O)COc1ccc2c(c1)CN(C1CCC(=O)NC1=O)C2=O. The highest BCUT2D eigenvalue weighted by atomic mass is 16.5. The number of hydrogen-bond donors (Lipinski definition) is 3. The molecule has 1 atom stereocenters. The molecule has 0 aliphatic carbocycles. The van der Waals surface area contributed by atoms with E-state index >= 15 is 0 Å². The van der Waals surface area contributed by atoms with E-state index in [4.69, 9.17) is 15.2 Å². The average Bonchev–Trinajstić information content (AvgIpc) is 3.02. The maximum Gasteiger partial charge on any atom is 0.258 e. The number of rotatable bonds is 9. The Balaban J connectivity index is 1.52. The molecule has 1 fully saturated rings. The van der Waals surface area contributed by atoms with Crippen LogP contribution in [0.15, 0.2) is 18.2 Å². The Kier molecular flexibility index (Phi) is 6.78. The zero-order valence-electron chi connectivity index (χ0n) is 15.9. The fraction of sp³-hybridized carbons (Fsp3) is 0.474. The molecule has 0 spiro atoms. The summed E-state index contributed by atoms with van der Waals surface area (Å²) in [5.41, 5.74) is 6.51. The maximum absolute atomic E-state index is 12.6. The van der Waals surface area contributed by atoms with E-state index in [-0.39, 0.29) is 37.3 Å². The summed E-state index contributed by atoms with van der Waals surface area (Å²) in [6.45, 7) is 1.69. The number of nitrogens with zero attached hydrogens (tertiary/aromatic N) is 1. The maximum atomic E-state index is 12.6. The number of nitrogens with two attached hydrogens (primary N) is 1. The Labute approximate surface area is 167 Å². The Hall–Kier alpha value is -2.98. The Morgan fingerprint density at radius 2 is 2.10 bits per heavy atom. The zero-order valence-corrected chi connectivity index (χ0v) is 15.9. The summed E-state index contributed by atoms with van der Waals surface area (Å²) in [6, 6.07) is 4.26. The van der Waals surface area contributed by atoms with Crippen molar-refractivity contribution in [2.24, 2.45) is 5.73 Å². The molecule has 0 radical (unpaired) electrons. The highest BCUT2D eigenvalue weighted by Gasteiger charge is 2.39. The lowest BCUT2D eigenvalue weighted by Crippen LogP contribution is -2.52. The van der Waals surface area contributed by atoms with Crippen LogP contribution in [0, 0.1) is 0 Å². The van der Waals surface area contributed by atoms with E-state index in [0.29, 0.717) is 49.6 Å². The number of benzene rings is 1. The van der Waals surface area contributed by atoms with Gasteiger partial charge in [0, 0.05) is 31.6 Å². The van der Waals surface area contributed by atoms with Gasteiger partial charge in [-0.15, -0.1) is 0 Å². The van der Waals surface area contributed by atoms with Crippen LogP contribution >= 0.6 is 0 Å². The van der Waals surface area contributed by atoms with Crippen molar-refractivity contribution in [1.82, 2.24) is 15.5 Å². The molecule has 2 aliphatic rings. The predicted octanol–water partition coefficient (Wildman–Crippen LogP) is -1.08. The predicted molar refractivity (Wildman–Crippen MR) is 101 cm³/mol. The molecule has 3 rings (SSSR count). The van der Waals surface area contributed by atoms with Crippen LogP contribution in [0.3, 0.4) is 0 Å². The van der Waals surface area contributed by atoms with E-state index in [1.807, 2.05) is 0 Å². The first kappa shape index (κ1) is 20.7. The van der Waals surface area contributed by atoms with Crippen LogP contribution in [0.5, 0.6) is 5.75 Å². The van der Waals surface area contributed by atoms with Gasteiger partial charge in [-0.1, -0.05) is 0 Å². The minimum atomic E-state index is -0.663. The van der Waals surface area contributed by atoms with Gasteiger partial charge in [-0.05, 0) is 30.2 Å². The van der Waals surface area contributed by atoms with Gasteiger partial charge >= 0.3 is 0 Å². The zero-order chi connectivity index (χ0) is 20.8. The summed E-state index contributed by atoms with van der Waals surface area (Å²) in [5.74, 6) is -0.864. The van der Waals surface area contributed by atoms with E-state index in [2.05, 4.69) is 10.6 Å². The lowest BCUT2D eigenvalue weighted by atomic mass is 10.0. The molecule has 10 heteroatoms. The molecule has 4 amide bonds. The second-order valence-corrected chi connectivity index (χ2v) is 6.76. The quantitative estimate of drug-likeness (QED) is 0.351. The number of nitrogens with one attached hydrogen (secondary N) is 2. The molecule has 0 aromatic heterocycles. The van der Waals surface area contributed by atoms with Crippen molar-refractivity contribution >= 4 is 23.6 Å². The van der Waals surface area contributed by atoms with Crippen LogP contribution in [0.1, 0.15) is 28.8 Å². The molecule has 1 aromatic carbocycles. The number of imide groups is 1. The van der Waals surface area contributed by atoms with Gasteiger partial charge in [0.25, 0.3) is 11.8 Å². The van der Waals surface area contributed by atoms with Crippen molar-refractivity contribution in [1.29, 1.82) is 0 Å². The number of amides is 4. The van der Waals surface area contributed by atoms with Crippen LogP contribution in [-0.2, 0) is 25.7 Å². The van der Waals surface area contributed by atoms with Gasteiger partial charge in [-0.2, -0.15) is 0 Å². The van der Waals surface area contributed by atoms with E-state index in [1.165, 1.54) is 4.90 Å². The van der Waals surface area contributed by atoms with Crippen molar-refractivity contribution in [3.05, 3.63) is 29.3 Å². The van der Waals surface area contributed by atoms with Crippen molar-refractivity contribution in [3.63, 3.8) is 0 Å². The van der Waals surface area contributed by atoms with Gasteiger partial charge in [0.05, 0.1) is 13.2 Å². The highest BCUT2D eigenvalue weighted by molar-refractivity contribution is 6.05. The summed E-state index contributed by atoms with van der Waals surface area (Å²) >= 11 is 0. The first-order valence-electron chi connectivity index (χ1n) is 9.44. The van der Waals surface area contributed by atoms with E-state index < -0.39 is 11.9 Å². The Morgan fingerprint density at radius 1 is 1.28 bits per heavy atom. The lowest BCUT2D eigenvalue weighted by Gasteiger charge is -2.29. The molecule has 2 heterocycles. The van der Waals surface area contributed by atoms with Gasteiger partial charge < -0.3 is 25.4 Å². The summed E-state index contributed by atoms with van der Waals surface area (Å²) in [5, 5.41) is 4.94. The third kappa shape index (κ3) is 5.09. The molecule has 4 N–H and O–H groups in total. The minimum absolute atomic E-state index is 0.166. The molecule has 156 valence electrons. The highest BCUT2D eigenvalue weighted by Crippen LogP contribution is 2.30. The van der Waals surface area contributed by atoms with Crippen LogP contribution in [-0.4, -0.2) is 67.5 Å². The second kappa shape index (κ2) is 9.48. The standard InChI is InChI=1S/C19H24N4O6/c20-5-7-28-8-6-21-17(25)11-29-13-1-2-14-12(9-13)10-23(19(14)27)15-3-4-16(24)22-18(15)26/h1-2,9,15H,3-8,10-11,20H2,(H,21,25)(H,22,24,26). The van der Waals surface area contributed by atoms with Gasteiger partial charge in [-0.3, -0.25) is 24.5 Å². The lowest BCUT2D eigenvalue weighted by molar-refractivity contribution is -0.137.